The first kappa shape index (κ1) is 13.0. The largest absolute Gasteiger partial charge is 0.368 e. The van der Waals surface area contributed by atoms with Crippen LogP contribution >= 0.6 is 11.3 Å². The third-order valence-corrected chi connectivity index (χ3v) is 4.72. The van der Waals surface area contributed by atoms with Gasteiger partial charge in [-0.3, -0.25) is 10.1 Å². The van der Waals surface area contributed by atoms with Gasteiger partial charge in [-0.1, -0.05) is 0 Å². The van der Waals surface area contributed by atoms with Gasteiger partial charge in [-0.25, -0.2) is 4.98 Å². The lowest BCUT2D eigenvalue weighted by molar-refractivity contribution is -0.129. The Morgan fingerprint density at radius 1 is 1.42 bits per heavy atom. The van der Waals surface area contributed by atoms with Crippen molar-refractivity contribution in [1.29, 1.82) is 0 Å². The van der Waals surface area contributed by atoms with Crippen molar-refractivity contribution in [3.63, 3.8) is 0 Å². The smallest absolute Gasteiger partial charge is 0.255 e. The Hall–Kier alpha value is -0.980. The number of fused-ring (bicyclic) bond motifs is 1. The third kappa shape index (κ3) is 2.96. The first-order valence-electron chi connectivity index (χ1n) is 6.89. The maximum atomic E-state index is 12.1. The summed E-state index contributed by atoms with van der Waals surface area (Å²) in [5.41, 5.74) is 7.05. The van der Waals surface area contributed by atoms with E-state index in [4.69, 9.17) is 10.5 Å². The maximum Gasteiger partial charge on any atom is 0.255 e. The lowest BCUT2D eigenvalue weighted by Gasteiger charge is -2.20. The molecule has 2 aliphatic rings. The number of anilines is 1. The predicted molar refractivity (Wildman–Crippen MR) is 74.3 cm³/mol. The second kappa shape index (κ2) is 5.56. The van der Waals surface area contributed by atoms with Gasteiger partial charge in [0.15, 0.2) is 5.13 Å². The van der Waals surface area contributed by atoms with Crippen LogP contribution in [0.5, 0.6) is 0 Å². The van der Waals surface area contributed by atoms with Crippen LogP contribution in [0, 0.1) is 0 Å². The average Bonchev–Trinajstić information content (AvgIpc) is 2.81. The van der Waals surface area contributed by atoms with Crippen LogP contribution in [0.3, 0.4) is 0 Å². The summed E-state index contributed by atoms with van der Waals surface area (Å²) in [6.45, 7) is 0.682. The molecule has 0 saturated carbocycles. The maximum absolute atomic E-state index is 12.1. The van der Waals surface area contributed by atoms with Crippen LogP contribution < -0.4 is 11.1 Å². The fraction of sp³-hybridized carbons (Fsp3) is 0.692. The van der Waals surface area contributed by atoms with Crippen LogP contribution in [0.25, 0.3) is 0 Å². The molecular weight excluding hydrogens is 262 g/mol. The number of rotatable bonds is 2. The molecule has 0 spiro atoms. The first-order chi connectivity index (χ1) is 9.22. The second-order valence-corrected chi connectivity index (χ2v) is 6.32. The van der Waals surface area contributed by atoms with Crippen molar-refractivity contribution in [2.75, 3.05) is 11.9 Å². The first-order valence-corrected chi connectivity index (χ1v) is 7.70. The highest BCUT2D eigenvalue weighted by molar-refractivity contribution is 7.15. The van der Waals surface area contributed by atoms with Crippen LogP contribution in [-0.2, 0) is 22.4 Å². The standard InChI is InChI=1S/C13H19N3O2S/c14-8-4-5-9-11(7-8)19-13(15-9)16-12(17)10-3-1-2-6-18-10/h8,10H,1-7,14H2,(H,15,16,17)/t8-,10?/m0/s1. The highest BCUT2D eigenvalue weighted by Gasteiger charge is 2.25. The Labute approximate surface area is 116 Å². The molecule has 3 N–H and O–H groups in total. The van der Waals surface area contributed by atoms with Gasteiger partial charge in [0, 0.05) is 17.5 Å². The molecule has 1 fully saturated rings. The van der Waals surface area contributed by atoms with Crippen LogP contribution in [0.1, 0.15) is 36.3 Å². The van der Waals surface area contributed by atoms with Gasteiger partial charge in [0.25, 0.3) is 5.91 Å². The number of nitrogens with two attached hydrogens (primary N) is 1. The summed E-state index contributed by atoms with van der Waals surface area (Å²) < 4.78 is 5.48. The van der Waals surface area contributed by atoms with E-state index >= 15 is 0 Å². The molecule has 1 saturated heterocycles. The molecule has 19 heavy (non-hydrogen) atoms. The normalized spacial score (nSPS) is 26.8. The van der Waals surface area contributed by atoms with E-state index in [0.29, 0.717) is 11.7 Å². The number of nitrogens with zero attached hydrogens (tertiary/aromatic N) is 1. The minimum atomic E-state index is -0.308. The molecule has 0 radical (unpaired) electrons. The van der Waals surface area contributed by atoms with Crippen molar-refractivity contribution in [2.45, 2.75) is 50.7 Å². The minimum Gasteiger partial charge on any atom is -0.368 e. The van der Waals surface area contributed by atoms with Crippen molar-refractivity contribution >= 4 is 22.4 Å². The van der Waals surface area contributed by atoms with Gasteiger partial charge < -0.3 is 10.5 Å². The topological polar surface area (TPSA) is 77.2 Å². The molecule has 1 unspecified atom stereocenters. The molecule has 2 atom stereocenters. The Balaban J connectivity index is 1.65. The zero-order valence-corrected chi connectivity index (χ0v) is 11.7. The summed E-state index contributed by atoms with van der Waals surface area (Å²) >= 11 is 1.55. The van der Waals surface area contributed by atoms with Crippen LogP contribution in [0.4, 0.5) is 5.13 Å². The zero-order chi connectivity index (χ0) is 13.2. The molecule has 1 aromatic rings. The molecule has 0 bridgehead atoms. The van der Waals surface area contributed by atoms with Gasteiger partial charge in [-0.15, -0.1) is 11.3 Å². The molecule has 6 heteroatoms. The highest BCUT2D eigenvalue weighted by Crippen LogP contribution is 2.29. The van der Waals surface area contributed by atoms with E-state index in [0.717, 1.165) is 44.2 Å². The number of ether oxygens (including phenoxy) is 1. The van der Waals surface area contributed by atoms with E-state index in [1.54, 1.807) is 11.3 Å². The van der Waals surface area contributed by atoms with Crippen molar-refractivity contribution in [3.05, 3.63) is 10.6 Å². The number of carbonyl (C=O) groups is 1. The van der Waals surface area contributed by atoms with Gasteiger partial charge >= 0.3 is 0 Å². The molecule has 1 aliphatic heterocycles. The summed E-state index contributed by atoms with van der Waals surface area (Å²) in [6.07, 6.45) is 5.38. The summed E-state index contributed by atoms with van der Waals surface area (Å²) in [7, 11) is 0. The molecule has 1 amide bonds. The number of hydrogen-bond donors (Lipinski definition) is 2. The van der Waals surface area contributed by atoms with Gasteiger partial charge in [0.1, 0.15) is 6.10 Å². The molecule has 0 aromatic carbocycles. The van der Waals surface area contributed by atoms with Gasteiger partial charge in [-0.2, -0.15) is 0 Å². The fourth-order valence-corrected chi connectivity index (χ4v) is 3.69. The Morgan fingerprint density at radius 2 is 2.32 bits per heavy atom. The lowest BCUT2D eigenvalue weighted by atomic mass is 9.99. The van der Waals surface area contributed by atoms with E-state index in [2.05, 4.69) is 10.3 Å². The lowest BCUT2D eigenvalue weighted by Crippen LogP contribution is -2.33. The SMILES string of the molecule is N[C@H]1CCc2nc(NC(=O)C3CCCCO3)sc2C1. The molecule has 1 aromatic heterocycles. The van der Waals surface area contributed by atoms with Crippen molar-refractivity contribution in [1.82, 2.24) is 4.98 Å². The number of carbonyl (C=O) groups excluding carboxylic acids is 1. The van der Waals surface area contributed by atoms with Crippen LogP contribution in [-0.4, -0.2) is 29.6 Å². The van der Waals surface area contributed by atoms with Crippen LogP contribution in [0.15, 0.2) is 0 Å². The summed E-state index contributed by atoms with van der Waals surface area (Å²) in [4.78, 5) is 17.8. The molecular formula is C13H19N3O2S. The van der Waals surface area contributed by atoms with E-state index in [1.165, 1.54) is 4.88 Å². The van der Waals surface area contributed by atoms with Gasteiger partial charge in [-0.05, 0) is 38.5 Å². The van der Waals surface area contributed by atoms with E-state index in [1.807, 2.05) is 0 Å². The predicted octanol–water partition coefficient (Wildman–Crippen LogP) is 1.47. The molecule has 104 valence electrons. The number of amides is 1. The third-order valence-electron chi connectivity index (χ3n) is 3.68. The molecule has 2 heterocycles. The molecule has 3 rings (SSSR count). The Kier molecular flexibility index (Phi) is 3.81. The number of hydrogen-bond acceptors (Lipinski definition) is 5. The van der Waals surface area contributed by atoms with Crippen molar-refractivity contribution < 1.29 is 9.53 Å². The monoisotopic (exact) mass is 281 g/mol. The van der Waals surface area contributed by atoms with E-state index < -0.39 is 0 Å². The number of thiazole rings is 1. The molecule has 5 nitrogen and oxygen atoms in total. The summed E-state index contributed by atoms with van der Waals surface area (Å²) in [5, 5.41) is 3.58. The quantitative estimate of drug-likeness (QED) is 0.860. The van der Waals surface area contributed by atoms with Gasteiger partial charge in [0.2, 0.25) is 0 Å². The van der Waals surface area contributed by atoms with Crippen molar-refractivity contribution in [3.8, 4) is 0 Å². The summed E-state index contributed by atoms with van der Waals surface area (Å²) in [5.74, 6) is -0.0601. The number of aryl methyl sites for hydroxylation is 1. The zero-order valence-electron chi connectivity index (χ0n) is 10.9. The van der Waals surface area contributed by atoms with Gasteiger partial charge in [0.05, 0.1) is 5.69 Å². The minimum absolute atomic E-state index is 0.0601. The number of nitrogens with one attached hydrogen (secondary N) is 1. The highest BCUT2D eigenvalue weighted by atomic mass is 32.1. The number of aromatic nitrogens is 1. The Bertz CT molecular complexity index is 468. The fourth-order valence-electron chi connectivity index (χ4n) is 2.59. The second-order valence-electron chi connectivity index (χ2n) is 5.24. The Morgan fingerprint density at radius 3 is 3.11 bits per heavy atom. The molecule has 1 aliphatic carbocycles. The average molecular weight is 281 g/mol. The van der Waals surface area contributed by atoms with Crippen LogP contribution in [0.2, 0.25) is 0 Å². The van der Waals surface area contributed by atoms with E-state index in [9.17, 15) is 4.79 Å². The summed E-state index contributed by atoms with van der Waals surface area (Å²) in [6, 6.07) is 0.234. The van der Waals surface area contributed by atoms with E-state index in [-0.39, 0.29) is 18.1 Å². The van der Waals surface area contributed by atoms with Crippen molar-refractivity contribution in [2.24, 2.45) is 5.73 Å².